The highest BCUT2D eigenvalue weighted by molar-refractivity contribution is 8.19. The summed E-state index contributed by atoms with van der Waals surface area (Å²) < 4.78 is 22.9. The number of nitrogens with zero attached hydrogens (tertiary/aromatic N) is 4. The van der Waals surface area contributed by atoms with Crippen molar-refractivity contribution >= 4 is 70.7 Å². The second-order valence-electron chi connectivity index (χ2n) is 17.4. The zero-order chi connectivity index (χ0) is 47.8. The van der Waals surface area contributed by atoms with Gasteiger partial charge in [-0.1, -0.05) is 109 Å². The van der Waals surface area contributed by atoms with Crippen LogP contribution in [0.5, 0.6) is 11.5 Å². The fraction of sp³-hybridized carbons (Fsp3) is 0.346. The highest BCUT2D eigenvalue weighted by Crippen LogP contribution is 2.63. The Morgan fingerprint density at radius 1 is 0.412 bits per heavy atom. The predicted molar refractivity (Wildman–Crippen MR) is 270 cm³/mol. The maximum atomic E-state index is 15.1. The quantitative estimate of drug-likeness (QED) is 0.0949. The second kappa shape index (κ2) is 19.4. The molecule has 16 heteroatoms. The predicted octanol–water partition coefficient (Wildman–Crippen LogP) is 8.23. The van der Waals surface area contributed by atoms with Crippen LogP contribution in [0, 0.1) is 0 Å². The number of benzene rings is 5. The van der Waals surface area contributed by atoms with Crippen molar-refractivity contribution in [1.29, 1.82) is 0 Å². The first kappa shape index (κ1) is 47.9. The van der Waals surface area contributed by atoms with Crippen molar-refractivity contribution < 1.29 is 38.1 Å². The highest BCUT2D eigenvalue weighted by Gasteiger charge is 2.68. The van der Waals surface area contributed by atoms with Crippen molar-refractivity contribution in [3.8, 4) is 11.5 Å². The molecule has 6 atom stereocenters. The van der Waals surface area contributed by atoms with Gasteiger partial charge in [-0.25, -0.2) is 0 Å². The molecule has 6 heterocycles. The van der Waals surface area contributed by atoms with E-state index in [2.05, 4.69) is 0 Å². The minimum Gasteiger partial charge on any atom is -0.497 e. The van der Waals surface area contributed by atoms with Gasteiger partial charge in [-0.3, -0.25) is 19.2 Å². The fourth-order valence-corrected chi connectivity index (χ4v) is 16.9. The number of hydrogen-bond donors (Lipinski definition) is 0. The molecule has 0 spiro atoms. The number of methoxy groups -OCH3 is 2. The van der Waals surface area contributed by atoms with Gasteiger partial charge in [0.15, 0.2) is 19.5 Å². The van der Waals surface area contributed by atoms with Gasteiger partial charge in [-0.15, -0.1) is 47.0 Å². The number of hydrogen-bond acceptors (Lipinski definition) is 12. The van der Waals surface area contributed by atoms with Crippen molar-refractivity contribution in [2.45, 2.75) is 54.7 Å². The van der Waals surface area contributed by atoms with Crippen molar-refractivity contribution in [1.82, 2.24) is 19.6 Å². The summed E-state index contributed by atoms with van der Waals surface area (Å²) in [6, 6.07) is 43.0. The number of ether oxygens (including phenoxy) is 4. The third kappa shape index (κ3) is 8.44. The molecule has 6 unspecified atom stereocenters. The van der Waals surface area contributed by atoms with Gasteiger partial charge < -0.3 is 38.5 Å². The topological polar surface area (TPSA) is 118 Å². The largest absolute Gasteiger partial charge is 0.497 e. The lowest BCUT2D eigenvalue weighted by Crippen LogP contribution is -2.73. The molecule has 6 fully saturated rings. The minimum absolute atomic E-state index is 0.000244. The van der Waals surface area contributed by atoms with E-state index in [4.69, 9.17) is 18.9 Å². The van der Waals surface area contributed by atoms with Gasteiger partial charge in [0, 0.05) is 41.0 Å². The number of thioether (sulfide) groups is 4. The van der Waals surface area contributed by atoms with Crippen molar-refractivity contribution in [2.75, 3.05) is 55.6 Å². The average Bonchev–Trinajstić information content (AvgIpc) is 3.63. The summed E-state index contributed by atoms with van der Waals surface area (Å²) in [5.41, 5.74) is 5.49. The van der Waals surface area contributed by atoms with Crippen molar-refractivity contribution in [2.24, 2.45) is 0 Å². The number of carbonyl (C=O) groups is 4. The molecule has 6 aliphatic heterocycles. The van der Waals surface area contributed by atoms with Crippen LogP contribution in [0.4, 0.5) is 0 Å². The zero-order valence-corrected chi connectivity index (χ0v) is 42.1. The van der Waals surface area contributed by atoms with Gasteiger partial charge in [0.2, 0.25) is 0 Å². The first-order chi connectivity index (χ1) is 32.8. The molecule has 5 aromatic carbocycles. The molecule has 4 amide bonds. The van der Waals surface area contributed by atoms with Crippen LogP contribution in [0.1, 0.15) is 42.5 Å². The summed E-state index contributed by atoms with van der Waals surface area (Å²) in [7, 11) is 10.1. The molecule has 12 nitrogen and oxygen atoms in total. The third-order valence-corrected chi connectivity index (χ3v) is 20.4. The lowest BCUT2D eigenvalue weighted by molar-refractivity contribution is -0.166. The molecule has 0 saturated carbocycles. The van der Waals surface area contributed by atoms with Crippen LogP contribution in [0.15, 0.2) is 133 Å². The first-order valence-electron chi connectivity index (χ1n) is 22.2. The molecule has 68 heavy (non-hydrogen) atoms. The molecular formula is C52H54N4O8S4. The minimum atomic E-state index is -1.32. The fourth-order valence-electron chi connectivity index (χ4n) is 9.29. The van der Waals surface area contributed by atoms with Crippen LogP contribution in [0.2, 0.25) is 0 Å². The number of amides is 4. The van der Waals surface area contributed by atoms with Crippen molar-refractivity contribution in [3.05, 3.63) is 167 Å². The summed E-state index contributed by atoms with van der Waals surface area (Å²) in [5, 5.41) is 0. The Morgan fingerprint density at radius 2 is 0.721 bits per heavy atom. The number of piperazine rings is 2. The number of rotatable bonds is 16. The van der Waals surface area contributed by atoms with E-state index < -0.39 is 19.5 Å². The summed E-state index contributed by atoms with van der Waals surface area (Å²) in [6.07, 6.45) is 0.443. The summed E-state index contributed by atoms with van der Waals surface area (Å²) in [5.74, 6) is 0.616. The monoisotopic (exact) mass is 990 g/mol. The average molecular weight is 991 g/mol. The molecule has 0 N–H and O–H groups in total. The van der Waals surface area contributed by atoms with E-state index in [1.165, 1.54) is 47.0 Å². The standard InChI is InChI=1S/C52H54N4O8S4/c1-53-47(59)51(33-63-31-37-13-9-7-10-14-37)55(3)45(57)49(53,65-43(67-51)39-21-25-41(61-5)26-22-39)29-35-17-19-36(20-18-35)30-50-46(58)56(4)52(48(60)54(50)2,34-64-32-38-15-11-8-12-16-38)68-44(66-50)40-23-27-42(62-6)28-24-40/h7-28,43-44H,29-34H2,1-6H3. The van der Waals surface area contributed by atoms with E-state index in [0.717, 1.165) is 33.4 Å². The Kier molecular flexibility index (Phi) is 13.6. The Bertz CT molecular complexity index is 2470. The maximum Gasteiger partial charge on any atom is 0.262 e. The Balaban J connectivity index is 1.01. The normalized spacial score (nSPS) is 26.9. The molecule has 0 aliphatic carbocycles. The van der Waals surface area contributed by atoms with E-state index in [1.54, 1.807) is 62.0 Å². The van der Waals surface area contributed by atoms with E-state index in [0.29, 0.717) is 11.5 Å². The summed E-state index contributed by atoms with van der Waals surface area (Å²) in [6.45, 7) is 0.577. The Morgan fingerprint density at radius 3 is 1.06 bits per heavy atom. The van der Waals surface area contributed by atoms with Crippen molar-refractivity contribution in [3.63, 3.8) is 0 Å². The Labute approximate surface area is 414 Å². The zero-order valence-electron chi connectivity index (χ0n) is 38.8. The molecule has 6 aliphatic rings. The van der Waals surface area contributed by atoms with E-state index in [1.807, 2.05) is 133 Å². The van der Waals surface area contributed by atoms with E-state index in [9.17, 15) is 9.59 Å². The number of likely N-dealkylation sites (N-methyl/N-ethyl adjacent to an activating group) is 4. The maximum absolute atomic E-state index is 15.1. The molecule has 0 radical (unpaired) electrons. The molecule has 4 bridgehead atoms. The van der Waals surface area contributed by atoms with Gasteiger partial charge in [0.25, 0.3) is 23.6 Å². The third-order valence-electron chi connectivity index (χ3n) is 13.4. The molecule has 354 valence electrons. The smallest absolute Gasteiger partial charge is 0.262 e. The molecule has 6 saturated heterocycles. The van der Waals surface area contributed by atoms with Crippen LogP contribution < -0.4 is 9.47 Å². The number of fused-ring (bicyclic) bond motifs is 8. The van der Waals surface area contributed by atoms with Gasteiger partial charge in [0.05, 0.1) is 49.8 Å². The number of carbonyl (C=O) groups excluding carboxylic acids is 4. The van der Waals surface area contributed by atoms with Crippen LogP contribution >= 0.6 is 47.0 Å². The van der Waals surface area contributed by atoms with Gasteiger partial charge >= 0.3 is 0 Å². The van der Waals surface area contributed by atoms with Gasteiger partial charge in [0.1, 0.15) is 11.5 Å². The molecular weight excluding hydrogens is 937 g/mol. The van der Waals surface area contributed by atoms with Gasteiger partial charge in [-0.05, 0) is 57.6 Å². The molecule has 5 aromatic rings. The Hall–Kier alpha value is -5.10. The van der Waals surface area contributed by atoms with Crippen LogP contribution in [0.3, 0.4) is 0 Å². The molecule has 11 rings (SSSR count). The van der Waals surface area contributed by atoms with Crippen LogP contribution in [-0.4, -0.2) is 118 Å². The lowest BCUT2D eigenvalue weighted by Gasteiger charge is -2.51. The van der Waals surface area contributed by atoms with Crippen LogP contribution in [0.25, 0.3) is 0 Å². The first-order valence-corrected chi connectivity index (χ1v) is 25.7. The second-order valence-corrected chi connectivity index (χ2v) is 23.5. The lowest BCUT2D eigenvalue weighted by atomic mass is 9.94. The van der Waals surface area contributed by atoms with Crippen LogP contribution in [-0.2, 0) is 54.7 Å². The highest BCUT2D eigenvalue weighted by atomic mass is 32.2. The van der Waals surface area contributed by atoms with Gasteiger partial charge in [-0.2, -0.15) is 0 Å². The SMILES string of the molecule is COc1ccc(C2SC3(COCc4ccccc4)C(=O)N(C)C(Cc4ccc(CC56SC(c7ccc(OC)cc7)SC(COCc7ccccc7)(C(=O)N5C)N(C)C6=O)cc4)(S2)C(=O)N3C)cc1. The van der Waals surface area contributed by atoms with E-state index >= 15 is 9.59 Å². The molecule has 0 aromatic heterocycles. The summed E-state index contributed by atoms with van der Waals surface area (Å²) >= 11 is 5.80. The van der Waals surface area contributed by atoms with E-state index in [-0.39, 0.29) is 72.1 Å². The summed E-state index contributed by atoms with van der Waals surface area (Å²) in [4.78, 5) is 61.1.